The molecule has 3 N–H and O–H groups in total. The van der Waals surface area contributed by atoms with Gasteiger partial charge >= 0.3 is 0 Å². The van der Waals surface area contributed by atoms with E-state index in [1.54, 1.807) is 30.3 Å². The molecule has 0 heterocycles. The van der Waals surface area contributed by atoms with Crippen LogP contribution in [-0.2, 0) is 17.8 Å². The Morgan fingerprint density at radius 3 is 2.26 bits per heavy atom. The first kappa shape index (κ1) is 26.5. The second-order valence-electron chi connectivity index (χ2n) is 7.64. The van der Waals surface area contributed by atoms with E-state index in [0.29, 0.717) is 44.6 Å². The quantitative estimate of drug-likeness (QED) is 0.297. The minimum atomic E-state index is -0.706. The summed E-state index contributed by atoms with van der Waals surface area (Å²) in [5, 5.41) is 4.58. The zero-order chi connectivity index (χ0) is 24.7. The number of ether oxygens (including phenoxy) is 2. The Bertz CT molecular complexity index is 1120. The van der Waals surface area contributed by atoms with E-state index in [2.05, 4.69) is 5.32 Å². The third-order valence-corrected chi connectivity index (χ3v) is 6.36. The number of rotatable bonds is 10. The molecule has 0 radical (unpaired) electrons. The fourth-order valence-corrected chi connectivity index (χ4v) is 4.29. The highest BCUT2D eigenvalue weighted by Gasteiger charge is 2.15. The smallest absolute Gasteiger partial charge is 0.237 e. The van der Waals surface area contributed by atoms with Gasteiger partial charge in [-0.15, -0.1) is 0 Å². The van der Waals surface area contributed by atoms with Crippen LogP contribution in [0.2, 0.25) is 20.1 Å². The van der Waals surface area contributed by atoms with Crippen LogP contribution in [0.4, 0.5) is 0 Å². The summed E-state index contributed by atoms with van der Waals surface area (Å²) in [5.74, 6) is 0.835. The summed E-state index contributed by atoms with van der Waals surface area (Å²) in [6, 6.07) is 15.5. The summed E-state index contributed by atoms with van der Waals surface area (Å²) in [5.41, 5.74) is 8.66. The van der Waals surface area contributed by atoms with Crippen molar-refractivity contribution >= 4 is 52.3 Å². The van der Waals surface area contributed by atoms with Gasteiger partial charge in [-0.3, -0.25) is 4.79 Å². The Morgan fingerprint density at radius 1 is 0.941 bits per heavy atom. The normalized spacial score (nSPS) is 11.7. The standard InChI is InChI=1S/C25H24Cl4N2O3/c1-15-11-20(27)24(21(28)12-15)34-10-9-33-18-7-5-16(6-8-18)13-22(30)25(32)31-14-17-3-2-4-19(26)23(17)29/h2-8,11-12,22H,9-10,13-14,30H2,1H3,(H,31,32). The number of hydrogen-bond acceptors (Lipinski definition) is 4. The van der Waals surface area contributed by atoms with Crippen LogP contribution in [0.15, 0.2) is 54.6 Å². The van der Waals surface area contributed by atoms with Gasteiger partial charge in [-0.05, 0) is 60.4 Å². The molecule has 0 aliphatic rings. The average Bonchev–Trinajstić information content (AvgIpc) is 2.79. The molecule has 3 aromatic rings. The molecule has 0 aliphatic carbocycles. The monoisotopic (exact) mass is 540 g/mol. The van der Waals surface area contributed by atoms with E-state index in [-0.39, 0.29) is 19.1 Å². The highest BCUT2D eigenvalue weighted by molar-refractivity contribution is 6.42. The average molecular weight is 542 g/mol. The van der Waals surface area contributed by atoms with Crippen molar-refractivity contribution in [3.05, 3.63) is 91.4 Å². The number of aryl methyl sites for hydroxylation is 1. The van der Waals surface area contributed by atoms with Gasteiger partial charge in [0.2, 0.25) is 5.91 Å². The van der Waals surface area contributed by atoms with Crippen LogP contribution < -0.4 is 20.5 Å². The summed E-state index contributed by atoms with van der Waals surface area (Å²) in [4.78, 5) is 12.4. The van der Waals surface area contributed by atoms with Crippen LogP contribution >= 0.6 is 46.4 Å². The van der Waals surface area contributed by atoms with Crippen molar-refractivity contribution in [2.75, 3.05) is 13.2 Å². The molecule has 1 unspecified atom stereocenters. The lowest BCUT2D eigenvalue weighted by molar-refractivity contribution is -0.122. The minimum Gasteiger partial charge on any atom is -0.490 e. The van der Waals surface area contributed by atoms with Crippen LogP contribution in [0.5, 0.6) is 11.5 Å². The van der Waals surface area contributed by atoms with Crippen molar-refractivity contribution in [1.82, 2.24) is 5.32 Å². The Labute approximate surface area is 219 Å². The van der Waals surface area contributed by atoms with Crippen LogP contribution in [-0.4, -0.2) is 25.2 Å². The lowest BCUT2D eigenvalue weighted by Gasteiger charge is -2.14. The molecule has 0 spiro atoms. The number of amides is 1. The van der Waals surface area contributed by atoms with Crippen molar-refractivity contribution in [2.24, 2.45) is 5.73 Å². The number of carbonyl (C=O) groups excluding carboxylic acids is 1. The number of nitrogens with two attached hydrogens (primary N) is 1. The number of carbonyl (C=O) groups is 1. The van der Waals surface area contributed by atoms with E-state index in [1.165, 1.54) is 0 Å². The molecule has 1 amide bonds. The molecule has 0 fully saturated rings. The summed E-state index contributed by atoms with van der Waals surface area (Å²) >= 11 is 24.5. The van der Waals surface area contributed by atoms with Gasteiger partial charge in [0.1, 0.15) is 19.0 Å². The van der Waals surface area contributed by atoms with Gasteiger partial charge < -0.3 is 20.5 Å². The van der Waals surface area contributed by atoms with Gasteiger partial charge in [0, 0.05) is 6.54 Å². The molecular weight excluding hydrogens is 518 g/mol. The van der Waals surface area contributed by atoms with E-state index in [0.717, 1.165) is 16.7 Å². The topological polar surface area (TPSA) is 73.6 Å². The third kappa shape index (κ3) is 7.42. The lowest BCUT2D eigenvalue weighted by Crippen LogP contribution is -2.41. The molecule has 0 bridgehead atoms. The number of benzene rings is 3. The minimum absolute atomic E-state index is 0.250. The summed E-state index contributed by atoms with van der Waals surface area (Å²) in [6.45, 7) is 2.75. The van der Waals surface area contributed by atoms with Crippen molar-refractivity contribution in [3.8, 4) is 11.5 Å². The molecule has 5 nitrogen and oxygen atoms in total. The first-order chi connectivity index (χ1) is 16.2. The molecule has 0 aliphatic heterocycles. The maximum atomic E-state index is 12.4. The highest BCUT2D eigenvalue weighted by atomic mass is 35.5. The van der Waals surface area contributed by atoms with Gasteiger partial charge in [0.05, 0.1) is 26.1 Å². The molecule has 9 heteroatoms. The molecule has 0 saturated carbocycles. The third-order valence-electron chi connectivity index (χ3n) is 4.94. The number of nitrogens with one attached hydrogen (secondary N) is 1. The Hall–Kier alpha value is -2.15. The van der Waals surface area contributed by atoms with Gasteiger partial charge in [0.25, 0.3) is 0 Å². The van der Waals surface area contributed by atoms with Gasteiger partial charge in [-0.1, -0.05) is 70.7 Å². The molecule has 1 atom stereocenters. The van der Waals surface area contributed by atoms with Crippen molar-refractivity contribution < 1.29 is 14.3 Å². The molecule has 34 heavy (non-hydrogen) atoms. The molecule has 0 saturated heterocycles. The van der Waals surface area contributed by atoms with Crippen LogP contribution in [0.1, 0.15) is 16.7 Å². The van der Waals surface area contributed by atoms with Crippen molar-refractivity contribution in [2.45, 2.75) is 25.9 Å². The SMILES string of the molecule is Cc1cc(Cl)c(OCCOc2ccc(CC(N)C(=O)NCc3cccc(Cl)c3Cl)cc2)c(Cl)c1. The molecule has 3 rings (SSSR count). The second-order valence-corrected chi connectivity index (χ2v) is 9.24. The first-order valence-corrected chi connectivity index (χ1v) is 12.0. The lowest BCUT2D eigenvalue weighted by atomic mass is 10.1. The summed E-state index contributed by atoms with van der Waals surface area (Å²) < 4.78 is 11.4. The Morgan fingerprint density at radius 2 is 1.59 bits per heavy atom. The van der Waals surface area contributed by atoms with Gasteiger partial charge in [0.15, 0.2) is 5.75 Å². The predicted octanol–water partition coefficient (Wildman–Crippen LogP) is 6.25. The largest absolute Gasteiger partial charge is 0.490 e. The highest BCUT2D eigenvalue weighted by Crippen LogP contribution is 2.34. The van der Waals surface area contributed by atoms with Crippen LogP contribution in [0.25, 0.3) is 0 Å². The molecule has 3 aromatic carbocycles. The fourth-order valence-electron chi connectivity index (χ4n) is 3.19. The van der Waals surface area contributed by atoms with Crippen LogP contribution in [0.3, 0.4) is 0 Å². The van der Waals surface area contributed by atoms with E-state index in [4.69, 9.17) is 61.6 Å². The van der Waals surface area contributed by atoms with E-state index in [1.807, 2.05) is 31.2 Å². The predicted molar refractivity (Wildman–Crippen MR) is 139 cm³/mol. The van der Waals surface area contributed by atoms with Crippen molar-refractivity contribution in [1.29, 1.82) is 0 Å². The van der Waals surface area contributed by atoms with E-state index >= 15 is 0 Å². The zero-order valence-electron chi connectivity index (χ0n) is 18.4. The van der Waals surface area contributed by atoms with Crippen molar-refractivity contribution in [3.63, 3.8) is 0 Å². The van der Waals surface area contributed by atoms with E-state index in [9.17, 15) is 4.79 Å². The van der Waals surface area contributed by atoms with Gasteiger partial charge in [-0.25, -0.2) is 0 Å². The van der Waals surface area contributed by atoms with Crippen LogP contribution in [0, 0.1) is 6.92 Å². The summed E-state index contributed by atoms with van der Waals surface area (Å²) in [7, 11) is 0. The Balaban J connectivity index is 1.43. The molecular formula is C25H24Cl4N2O3. The maximum Gasteiger partial charge on any atom is 0.237 e. The summed E-state index contributed by atoms with van der Waals surface area (Å²) in [6.07, 6.45) is 0.378. The maximum absolute atomic E-state index is 12.4. The number of hydrogen-bond donors (Lipinski definition) is 2. The van der Waals surface area contributed by atoms with E-state index < -0.39 is 6.04 Å². The molecule has 0 aromatic heterocycles. The fraction of sp³-hybridized carbons (Fsp3) is 0.240. The first-order valence-electron chi connectivity index (χ1n) is 10.5. The Kier molecular flexibility index (Phi) is 9.74. The van der Waals surface area contributed by atoms with Gasteiger partial charge in [-0.2, -0.15) is 0 Å². The zero-order valence-corrected chi connectivity index (χ0v) is 21.4. The molecule has 180 valence electrons. The number of halogens is 4. The second kappa shape index (κ2) is 12.5.